The fourth-order valence-electron chi connectivity index (χ4n) is 5.03. The summed E-state index contributed by atoms with van der Waals surface area (Å²) in [5.74, 6) is 2.10. The normalized spacial score (nSPS) is 16.4. The zero-order valence-corrected chi connectivity index (χ0v) is 20.9. The highest BCUT2D eigenvalue weighted by molar-refractivity contribution is 6.01. The van der Waals surface area contributed by atoms with Crippen LogP contribution in [-0.4, -0.2) is 38.6 Å². The molecule has 6 rings (SSSR count). The number of benzene rings is 2. The average Bonchev–Trinajstić information content (AvgIpc) is 3.52. The molecule has 2 aromatic carbocycles. The van der Waals surface area contributed by atoms with Crippen LogP contribution in [0.2, 0.25) is 0 Å². The molecule has 9 nitrogen and oxygen atoms in total. The van der Waals surface area contributed by atoms with Crippen LogP contribution in [0.1, 0.15) is 50.9 Å². The van der Waals surface area contributed by atoms with Crippen LogP contribution >= 0.6 is 0 Å². The summed E-state index contributed by atoms with van der Waals surface area (Å²) in [7, 11) is 0. The number of hydrogen-bond acceptors (Lipinski definition) is 6. The third-order valence-corrected chi connectivity index (χ3v) is 7.51. The zero-order valence-electron chi connectivity index (χ0n) is 20.9. The van der Waals surface area contributed by atoms with E-state index in [1.807, 2.05) is 43.3 Å². The molecule has 192 valence electrons. The van der Waals surface area contributed by atoms with E-state index in [4.69, 9.17) is 15.2 Å². The molecule has 37 heavy (non-hydrogen) atoms. The van der Waals surface area contributed by atoms with Crippen LogP contribution in [0.5, 0.6) is 5.75 Å². The topological polar surface area (TPSA) is 120 Å². The van der Waals surface area contributed by atoms with Crippen molar-refractivity contribution < 1.29 is 14.3 Å². The van der Waals surface area contributed by atoms with Gasteiger partial charge in [-0.05, 0) is 69.2 Å². The van der Waals surface area contributed by atoms with Gasteiger partial charge in [0.2, 0.25) is 0 Å². The number of anilines is 2. The number of carbonyl (C=O) groups is 1. The van der Waals surface area contributed by atoms with Crippen molar-refractivity contribution in [1.82, 2.24) is 19.7 Å². The number of H-pyrrole nitrogens is 1. The number of aromatic nitrogens is 4. The molecule has 0 spiro atoms. The van der Waals surface area contributed by atoms with Gasteiger partial charge in [-0.15, -0.1) is 0 Å². The molecule has 9 heteroatoms. The summed E-state index contributed by atoms with van der Waals surface area (Å²) in [5, 5.41) is 10.6. The van der Waals surface area contributed by atoms with Crippen molar-refractivity contribution in [3.63, 3.8) is 0 Å². The van der Waals surface area contributed by atoms with Gasteiger partial charge in [0.05, 0.1) is 23.5 Å². The number of amides is 1. The van der Waals surface area contributed by atoms with Gasteiger partial charge in [0.1, 0.15) is 24.0 Å². The molecule has 2 heterocycles. The number of nitrogens with zero attached hydrogens (tertiary/aromatic N) is 3. The van der Waals surface area contributed by atoms with Crippen LogP contribution in [0.3, 0.4) is 0 Å². The molecule has 0 bridgehead atoms. The lowest BCUT2D eigenvalue weighted by atomic mass is 9.92. The van der Waals surface area contributed by atoms with Crippen molar-refractivity contribution >= 4 is 28.4 Å². The van der Waals surface area contributed by atoms with Gasteiger partial charge in [0.25, 0.3) is 0 Å². The summed E-state index contributed by atoms with van der Waals surface area (Å²) >= 11 is 0. The minimum atomic E-state index is -0.411. The molecular weight excluding hydrogens is 468 g/mol. The summed E-state index contributed by atoms with van der Waals surface area (Å²) in [5.41, 5.74) is 11.3. The Bertz CT molecular complexity index is 1390. The van der Waals surface area contributed by atoms with Gasteiger partial charge in [0.15, 0.2) is 0 Å². The van der Waals surface area contributed by atoms with Gasteiger partial charge in [-0.3, -0.25) is 10.4 Å². The van der Waals surface area contributed by atoms with E-state index in [0.29, 0.717) is 30.7 Å². The molecular formula is C28H32N6O3. The van der Waals surface area contributed by atoms with Crippen LogP contribution in [0.15, 0.2) is 48.8 Å². The summed E-state index contributed by atoms with van der Waals surface area (Å²) < 4.78 is 13.9. The molecule has 1 unspecified atom stereocenters. The van der Waals surface area contributed by atoms with E-state index in [2.05, 4.69) is 31.1 Å². The van der Waals surface area contributed by atoms with E-state index in [-0.39, 0.29) is 6.10 Å². The maximum atomic E-state index is 12.3. The van der Waals surface area contributed by atoms with Crippen molar-refractivity contribution in [3.05, 3.63) is 54.6 Å². The van der Waals surface area contributed by atoms with Crippen LogP contribution in [0, 0.1) is 5.92 Å². The average molecular weight is 501 g/mol. The smallest absolute Gasteiger partial charge is 0.411 e. The first-order valence-corrected chi connectivity index (χ1v) is 13.1. The minimum Gasteiger partial charge on any atom is -0.493 e. The van der Waals surface area contributed by atoms with E-state index in [1.54, 1.807) is 0 Å². The fraction of sp³-hybridized carbons (Fsp3) is 0.393. The third kappa shape index (κ3) is 4.85. The number of nitrogen functional groups attached to an aromatic ring is 1. The highest BCUT2D eigenvalue weighted by atomic mass is 16.6. The highest BCUT2D eigenvalue weighted by Crippen LogP contribution is 2.45. The number of carbonyl (C=O) groups excluding carboxylic acids is 1. The van der Waals surface area contributed by atoms with Crippen LogP contribution in [-0.2, 0) is 11.2 Å². The quantitative estimate of drug-likeness (QED) is 0.271. The number of hydrogen-bond donors (Lipinski definition) is 3. The first-order chi connectivity index (χ1) is 18.1. The van der Waals surface area contributed by atoms with Gasteiger partial charge in [-0.1, -0.05) is 12.1 Å². The SMILES string of the molecule is CC(OC(=O)Nc1ccc(-c2c(N)c3ccc(OCCc4ncn[nH]4)cc3n2C2CCC2)cc1)C1CC1. The number of aromatic amines is 1. The third-order valence-electron chi connectivity index (χ3n) is 7.51. The molecule has 0 radical (unpaired) electrons. The summed E-state index contributed by atoms with van der Waals surface area (Å²) in [4.78, 5) is 16.4. The fourth-order valence-corrected chi connectivity index (χ4v) is 5.03. The summed E-state index contributed by atoms with van der Waals surface area (Å²) in [6.45, 7) is 2.46. The molecule has 4 aromatic rings. The molecule has 2 aromatic heterocycles. The molecule has 0 aliphatic heterocycles. The Kier molecular flexibility index (Phi) is 6.20. The second-order valence-corrected chi connectivity index (χ2v) is 10.1. The van der Waals surface area contributed by atoms with E-state index in [0.717, 1.165) is 65.1 Å². The molecule has 1 atom stereocenters. The Hall–Kier alpha value is -4.01. The Labute approximate surface area is 215 Å². The standard InChI is InChI=1S/C28H32N6O3/c1-17(18-5-6-18)37-28(35)32-20-9-7-19(8-10-20)27-26(29)23-12-11-22(36-14-13-25-30-16-31-33-25)15-24(23)34(27)21-3-2-4-21/h7-12,15-18,21H,2-6,13-14,29H2,1H3,(H,32,35)(H,30,31,33). The Morgan fingerprint density at radius 2 is 2.00 bits per heavy atom. The minimum absolute atomic E-state index is 0.0479. The zero-order chi connectivity index (χ0) is 25.4. The van der Waals surface area contributed by atoms with Crippen molar-refractivity contribution in [3.8, 4) is 17.0 Å². The van der Waals surface area contributed by atoms with Crippen LogP contribution in [0.4, 0.5) is 16.2 Å². The first-order valence-electron chi connectivity index (χ1n) is 13.1. The lowest BCUT2D eigenvalue weighted by Gasteiger charge is -2.30. The maximum Gasteiger partial charge on any atom is 0.411 e. The Morgan fingerprint density at radius 1 is 1.19 bits per heavy atom. The van der Waals surface area contributed by atoms with Crippen molar-refractivity contribution in [2.24, 2.45) is 5.92 Å². The molecule has 2 aliphatic carbocycles. The Balaban J connectivity index is 1.24. The summed E-state index contributed by atoms with van der Waals surface area (Å²) in [6.07, 6.45) is 7.42. The number of fused-ring (bicyclic) bond motifs is 1. The predicted molar refractivity (Wildman–Crippen MR) is 143 cm³/mol. The van der Waals surface area contributed by atoms with E-state index >= 15 is 0 Å². The van der Waals surface area contributed by atoms with Crippen molar-refractivity contribution in [2.45, 2.75) is 57.6 Å². The van der Waals surface area contributed by atoms with E-state index in [1.165, 1.54) is 12.7 Å². The molecule has 1 amide bonds. The number of rotatable bonds is 9. The molecule has 2 aliphatic rings. The molecule has 4 N–H and O–H groups in total. The van der Waals surface area contributed by atoms with Crippen LogP contribution in [0.25, 0.3) is 22.2 Å². The second-order valence-electron chi connectivity index (χ2n) is 10.1. The lowest BCUT2D eigenvalue weighted by Crippen LogP contribution is -2.21. The maximum absolute atomic E-state index is 12.3. The number of nitrogens with one attached hydrogen (secondary N) is 2. The van der Waals surface area contributed by atoms with Gasteiger partial charge >= 0.3 is 6.09 Å². The Morgan fingerprint density at radius 3 is 2.68 bits per heavy atom. The van der Waals surface area contributed by atoms with E-state index in [9.17, 15) is 4.79 Å². The van der Waals surface area contributed by atoms with Gasteiger partial charge in [-0.25, -0.2) is 9.78 Å². The molecule has 0 saturated heterocycles. The summed E-state index contributed by atoms with van der Waals surface area (Å²) in [6, 6.07) is 14.3. The number of nitrogens with two attached hydrogens (primary N) is 1. The van der Waals surface area contributed by atoms with E-state index < -0.39 is 6.09 Å². The predicted octanol–water partition coefficient (Wildman–Crippen LogP) is 5.70. The van der Waals surface area contributed by atoms with Gasteiger partial charge in [0, 0.05) is 35.2 Å². The number of ether oxygens (including phenoxy) is 2. The largest absolute Gasteiger partial charge is 0.493 e. The monoisotopic (exact) mass is 500 g/mol. The van der Waals surface area contributed by atoms with Crippen molar-refractivity contribution in [1.29, 1.82) is 0 Å². The molecule has 2 fully saturated rings. The molecule has 2 saturated carbocycles. The van der Waals surface area contributed by atoms with Gasteiger partial charge < -0.3 is 19.8 Å². The van der Waals surface area contributed by atoms with Crippen molar-refractivity contribution in [2.75, 3.05) is 17.7 Å². The lowest BCUT2D eigenvalue weighted by molar-refractivity contribution is 0.108. The second kappa shape index (κ2) is 9.80. The first kappa shape index (κ1) is 23.4. The van der Waals surface area contributed by atoms with Gasteiger partial charge in [-0.2, -0.15) is 5.10 Å². The van der Waals surface area contributed by atoms with Crippen LogP contribution < -0.4 is 15.8 Å². The highest BCUT2D eigenvalue weighted by Gasteiger charge is 2.31.